The number of hydrogen-bond donors (Lipinski definition) is 3. The first-order chi connectivity index (χ1) is 11.5. The van der Waals surface area contributed by atoms with Gasteiger partial charge < -0.3 is 19.9 Å². The zero-order valence-electron chi connectivity index (χ0n) is 13.5. The summed E-state index contributed by atoms with van der Waals surface area (Å²) in [6.07, 6.45) is 0.488. The molecule has 1 heterocycles. The van der Waals surface area contributed by atoms with Crippen LogP contribution >= 0.6 is 11.6 Å². The number of benzene rings is 1. The van der Waals surface area contributed by atoms with E-state index in [2.05, 4.69) is 15.5 Å². The van der Waals surface area contributed by atoms with E-state index in [0.29, 0.717) is 28.6 Å². The van der Waals surface area contributed by atoms with E-state index >= 15 is 0 Å². The van der Waals surface area contributed by atoms with Crippen LogP contribution in [-0.2, 0) is 6.61 Å². The molecule has 130 valence electrons. The van der Waals surface area contributed by atoms with E-state index < -0.39 is 0 Å². The molecule has 0 saturated heterocycles. The lowest BCUT2D eigenvalue weighted by molar-refractivity contribution is 0.0929. The number of methoxy groups -OCH3 is 1. The molecular formula is C16H20ClN3O4. The number of rotatable bonds is 8. The van der Waals surface area contributed by atoms with Crippen molar-refractivity contribution in [3.05, 3.63) is 40.7 Å². The summed E-state index contributed by atoms with van der Waals surface area (Å²) in [5, 5.41) is 18.7. The minimum atomic E-state index is -0.305. The van der Waals surface area contributed by atoms with Crippen molar-refractivity contribution in [3.63, 3.8) is 0 Å². The van der Waals surface area contributed by atoms with Gasteiger partial charge in [-0.15, -0.1) is 0 Å². The number of nitrogens with zero attached hydrogens (tertiary/aromatic N) is 1. The molecule has 0 aliphatic heterocycles. The number of carbonyl (C=O) groups excluding carboxylic acids is 1. The van der Waals surface area contributed by atoms with Crippen LogP contribution in [0.5, 0.6) is 11.5 Å². The molecule has 0 bridgehead atoms. The fraction of sp³-hybridized carbons (Fsp3) is 0.375. The highest BCUT2D eigenvalue weighted by Crippen LogP contribution is 2.29. The lowest BCUT2D eigenvalue weighted by atomic mass is 10.2. The number of carbonyl (C=O) groups is 1. The van der Waals surface area contributed by atoms with E-state index in [1.807, 2.05) is 6.92 Å². The third kappa shape index (κ3) is 4.87. The van der Waals surface area contributed by atoms with E-state index in [0.717, 1.165) is 0 Å². The van der Waals surface area contributed by atoms with Crippen LogP contribution in [-0.4, -0.2) is 41.0 Å². The maximum absolute atomic E-state index is 12.0. The number of halogens is 1. The van der Waals surface area contributed by atoms with Gasteiger partial charge in [-0.3, -0.25) is 9.89 Å². The molecule has 1 aromatic heterocycles. The molecule has 24 heavy (non-hydrogen) atoms. The molecule has 3 N–H and O–H groups in total. The summed E-state index contributed by atoms with van der Waals surface area (Å²) in [5.41, 5.74) is 0.904. The van der Waals surface area contributed by atoms with Crippen LogP contribution in [0.1, 0.15) is 29.5 Å². The number of hydrogen-bond acceptors (Lipinski definition) is 5. The van der Waals surface area contributed by atoms with Crippen molar-refractivity contribution in [1.82, 2.24) is 15.5 Å². The summed E-state index contributed by atoms with van der Waals surface area (Å²) in [4.78, 5) is 12.0. The number of H-pyrrole nitrogens is 1. The smallest absolute Gasteiger partial charge is 0.271 e. The fourth-order valence-electron chi connectivity index (χ4n) is 2.00. The maximum Gasteiger partial charge on any atom is 0.271 e. The molecular weight excluding hydrogens is 334 g/mol. The summed E-state index contributed by atoms with van der Waals surface area (Å²) < 4.78 is 10.7. The second kappa shape index (κ2) is 8.56. The Balaban J connectivity index is 1.93. The molecule has 0 radical (unpaired) electrons. The van der Waals surface area contributed by atoms with Gasteiger partial charge in [-0.25, -0.2) is 0 Å². The van der Waals surface area contributed by atoms with Crippen molar-refractivity contribution in [2.75, 3.05) is 13.7 Å². The van der Waals surface area contributed by atoms with E-state index in [1.54, 1.807) is 31.4 Å². The molecule has 0 unspecified atom stereocenters. The van der Waals surface area contributed by atoms with Crippen LogP contribution in [0.3, 0.4) is 0 Å². The van der Waals surface area contributed by atoms with E-state index in [1.165, 1.54) is 0 Å². The topological polar surface area (TPSA) is 96.5 Å². The summed E-state index contributed by atoms with van der Waals surface area (Å²) in [5.74, 6) is 0.848. The normalized spacial score (nSPS) is 11.8. The lowest BCUT2D eigenvalue weighted by Crippen LogP contribution is -2.33. The number of aliphatic hydroxyl groups excluding tert-OH is 1. The van der Waals surface area contributed by atoms with Crippen molar-refractivity contribution >= 4 is 17.5 Å². The molecule has 0 aliphatic rings. The molecule has 1 atom stereocenters. The van der Waals surface area contributed by atoms with Crippen molar-refractivity contribution < 1.29 is 19.4 Å². The van der Waals surface area contributed by atoms with Crippen LogP contribution in [0.15, 0.2) is 24.3 Å². The van der Waals surface area contributed by atoms with E-state index in [9.17, 15) is 4.79 Å². The average Bonchev–Trinajstić information content (AvgIpc) is 3.03. The van der Waals surface area contributed by atoms with Gasteiger partial charge >= 0.3 is 0 Å². The minimum absolute atomic E-state index is 0.0176. The summed E-state index contributed by atoms with van der Waals surface area (Å²) in [6.45, 7) is 2.03. The fourth-order valence-corrected chi connectivity index (χ4v) is 2.22. The largest absolute Gasteiger partial charge is 0.497 e. The predicted molar refractivity (Wildman–Crippen MR) is 89.6 cm³/mol. The molecule has 0 spiro atoms. The van der Waals surface area contributed by atoms with Crippen molar-refractivity contribution in [3.8, 4) is 11.5 Å². The molecule has 0 aliphatic carbocycles. The van der Waals surface area contributed by atoms with Crippen molar-refractivity contribution in [1.29, 1.82) is 0 Å². The standard InChI is InChI=1S/C16H20ClN3O4/c1-10(5-6-21)18-16(22)14-7-11(19-20-14)9-24-15-4-3-12(23-2)8-13(15)17/h3-4,7-8,10,21H,5-6,9H2,1-2H3,(H,18,22)(H,19,20)/t10-/m1/s1. The van der Waals surface area contributed by atoms with E-state index in [-0.39, 0.29) is 30.9 Å². The number of nitrogens with one attached hydrogen (secondary N) is 2. The van der Waals surface area contributed by atoms with Crippen molar-refractivity contribution in [2.45, 2.75) is 26.0 Å². The zero-order chi connectivity index (χ0) is 17.5. The Hall–Kier alpha value is -2.25. The van der Waals surface area contributed by atoms with Gasteiger partial charge in [0, 0.05) is 18.7 Å². The van der Waals surface area contributed by atoms with Gasteiger partial charge in [-0.2, -0.15) is 5.10 Å². The molecule has 7 nitrogen and oxygen atoms in total. The Labute approximate surface area is 144 Å². The maximum atomic E-state index is 12.0. The number of aromatic nitrogens is 2. The average molecular weight is 354 g/mol. The Bertz CT molecular complexity index is 690. The second-order valence-electron chi connectivity index (χ2n) is 5.25. The molecule has 1 amide bonds. The van der Waals surface area contributed by atoms with Crippen LogP contribution in [0, 0.1) is 0 Å². The third-order valence-corrected chi connectivity index (χ3v) is 3.62. The SMILES string of the molecule is COc1ccc(OCc2cc(C(=O)N[C@H](C)CCO)n[nH]2)c(Cl)c1. The minimum Gasteiger partial charge on any atom is -0.497 e. The lowest BCUT2D eigenvalue weighted by Gasteiger charge is -2.10. The molecule has 8 heteroatoms. The monoisotopic (exact) mass is 353 g/mol. The molecule has 2 rings (SSSR count). The molecule has 0 saturated carbocycles. The Morgan fingerprint density at radius 2 is 2.25 bits per heavy atom. The quantitative estimate of drug-likeness (QED) is 0.675. The van der Waals surface area contributed by atoms with Crippen molar-refractivity contribution in [2.24, 2.45) is 0 Å². The Morgan fingerprint density at radius 1 is 1.46 bits per heavy atom. The number of amides is 1. The first-order valence-electron chi connectivity index (χ1n) is 7.45. The summed E-state index contributed by atoms with van der Waals surface area (Å²) in [7, 11) is 1.56. The van der Waals surface area contributed by atoms with Crippen LogP contribution < -0.4 is 14.8 Å². The van der Waals surface area contributed by atoms with Gasteiger partial charge in [0.1, 0.15) is 23.8 Å². The highest BCUT2D eigenvalue weighted by atomic mass is 35.5. The van der Waals surface area contributed by atoms with Gasteiger partial charge in [0.25, 0.3) is 5.91 Å². The first-order valence-corrected chi connectivity index (χ1v) is 7.83. The first kappa shape index (κ1) is 18.1. The summed E-state index contributed by atoms with van der Waals surface area (Å²) in [6, 6.07) is 6.60. The van der Waals surface area contributed by atoms with Gasteiger partial charge in [0.2, 0.25) is 0 Å². The molecule has 1 aromatic carbocycles. The highest BCUT2D eigenvalue weighted by Gasteiger charge is 2.13. The zero-order valence-corrected chi connectivity index (χ0v) is 14.3. The van der Waals surface area contributed by atoms with Gasteiger partial charge in [-0.1, -0.05) is 11.6 Å². The Morgan fingerprint density at radius 3 is 2.92 bits per heavy atom. The predicted octanol–water partition coefficient (Wildman–Crippen LogP) is 2.15. The number of aliphatic hydroxyl groups is 1. The highest BCUT2D eigenvalue weighted by molar-refractivity contribution is 6.32. The van der Waals surface area contributed by atoms with Gasteiger partial charge in [0.05, 0.1) is 17.8 Å². The van der Waals surface area contributed by atoms with Crippen LogP contribution in [0.2, 0.25) is 5.02 Å². The molecule has 0 fully saturated rings. The number of ether oxygens (including phenoxy) is 2. The Kier molecular flexibility index (Phi) is 6.45. The van der Waals surface area contributed by atoms with Crippen LogP contribution in [0.4, 0.5) is 0 Å². The van der Waals surface area contributed by atoms with Crippen LogP contribution in [0.25, 0.3) is 0 Å². The second-order valence-corrected chi connectivity index (χ2v) is 5.66. The van der Waals surface area contributed by atoms with Gasteiger partial charge in [-0.05, 0) is 31.5 Å². The van der Waals surface area contributed by atoms with E-state index in [4.69, 9.17) is 26.2 Å². The summed E-state index contributed by atoms with van der Waals surface area (Å²) >= 11 is 6.10. The number of aromatic amines is 1. The third-order valence-electron chi connectivity index (χ3n) is 3.33. The molecule has 2 aromatic rings. The van der Waals surface area contributed by atoms with Gasteiger partial charge in [0.15, 0.2) is 0 Å².